The number of fused-ring (bicyclic) bond motifs is 1. The fraction of sp³-hybridized carbons (Fsp3) is 0.258. The van der Waals surface area contributed by atoms with E-state index in [0.29, 0.717) is 11.9 Å². The normalized spacial score (nSPS) is 19.0. The van der Waals surface area contributed by atoms with Crippen LogP contribution in [0, 0.1) is 0 Å². The molecule has 41 heavy (non-hydrogen) atoms. The third-order valence-corrected chi connectivity index (χ3v) is 7.55. The van der Waals surface area contributed by atoms with E-state index in [-0.39, 0.29) is 17.7 Å². The number of benzene rings is 3. The molecule has 3 atom stereocenters. The highest BCUT2D eigenvalue weighted by atomic mass is 16.6. The molecule has 0 amide bonds. The molecule has 1 aliphatic rings. The highest BCUT2D eigenvalue weighted by Crippen LogP contribution is 2.43. The smallest absolute Gasteiger partial charge is 0.292 e. The summed E-state index contributed by atoms with van der Waals surface area (Å²) in [6.45, 7) is 0.0794. The van der Waals surface area contributed by atoms with Crippen LogP contribution in [0.4, 0.5) is 0 Å². The number of nitrogens with one attached hydrogen (secondary N) is 1. The Morgan fingerprint density at radius 1 is 0.951 bits per heavy atom. The molecule has 0 spiro atoms. The summed E-state index contributed by atoms with van der Waals surface area (Å²) in [4.78, 5) is 16.3. The van der Waals surface area contributed by atoms with Crippen LogP contribution in [0.1, 0.15) is 29.3 Å². The van der Waals surface area contributed by atoms with E-state index >= 15 is 0 Å². The summed E-state index contributed by atoms with van der Waals surface area (Å²) in [7, 11) is 3.26. The van der Waals surface area contributed by atoms with Crippen LogP contribution >= 0.6 is 0 Å². The Morgan fingerprint density at radius 3 is 2.17 bits per heavy atom. The van der Waals surface area contributed by atoms with E-state index in [9.17, 15) is 9.90 Å². The molecule has 2 aromatic heterocycles. The maximum absolute atomic E-state index is 12.1. The summed E-state index contributed by atoms with van der Waals surface area (Å²) >= 11 is 0. The molecule has 0 saturated carbocycles. The molecule has 10 heteroatoms. The van der Waals surface area contributed by atoms with Crippen molar-refractivity contribution in [1.29, 1.82) is 0 Å². The molecular formula is C31H30N4O6. The Morgan fingerprint density at radius 2 is 1.56 bits per heavy atom. The van der Waals surface area contributed by atoms with Gasteiger partial charge in [-0.3, -0.25) is 4.79 Å². The molecule has 0 unspecified atom stereocenters. The number of hydrogen-bond donors (Lipinski definition) is 2. The second-order valence-corrected chi connectivity index (χ2v) is 9.83. The van der Waals surface area contributed by atoms with Crippen LogP contribution in [0.5, 0.6) is 11.5 Å². The predicted octanol–water partition coefficient (Wildman–Crippen LogP) is 3.79. The van der Waals surface area contributed by atoms with Crippen molar-refractivity contribution < 1.29 is 24.1 Å². The topological polar surface area (TPSA) is 121 Å². The number of nitrogens with zero attached hydrogens (tertiary/aromatic N) is 3. The van der Waals surface area contributed by atoms with Crippen LogP contribution in [0.3, 0.4) is 0 Å². The van der Waals surface area contributed by atoms with Crippen molar-refractivity contribution in [1.82, 2.24) is 19.7 Å². The van der Waals surface area contributed by atoms with Gasteiger partial charge < -0.3 is 28.6 Å². The zero-order valence-electron chi connectivity index (χ0n) is 22.6. The minimum atomic E-state index is -1.04. The molecule has 3 heterocycles. The van der Waals surface area contributed by atoms with Crippen molar-refractivity contribution in [2.45, 2.75) is 30.5 Å². The molecule has 6 rings (SSSR count). The van der Waals surface area contributed by atoms with E-state index in [4.69, 9.17) is 18.9 Å². The first-order valence-electron chi connectivity index (χ1n) is 13.3. The number of aromatic nitrogens is 4. The fourth-order valence-corrected chi connectivity index (χ4v) is 5.43. The molecule has 3 aromatic carbocycles. The van der Waals surface area contributed by atoms with Crippen molar-refractivity contribution in [3.63, 3.8) is 0 Å². The number of H-pyrrole nitrogens is 1. The molecule has 0 bridgehead atoms. The number of aromatic amines is 1. The highest BCUT2D eigenvalue weighted by molar-refractivity contribution is 5.72. The van der Waals surface area contributed by atoms with Gasteiger partial charge in [-0.2, -0.15) is 5.10 Å². The zero-order chi connectivity index (χ0) is 28.4. The number of imidazole rings is 1. The lowest BCUT2D eigenvalue weighted by Gasteiger charge is -2.37. The number of methoxy groups -OCH3 is 2. The van der Waals surface area contributed by atoms with Crippen molar-refractivity contribution in [3.8, 4) is 11.5 Å². The van der Waals surface area contributed by atoms with Gasteiger partial charge in [-0.25, -0.2) is 10.1 Å². The Bertz CT molecular complexity index is 1620. The molecule has 1 aliphatic heterocycles. The number of aliphatic hydroxyl groups is 1. The minimum absolute atomic E-state index is 0.0794. The van der Waals surface area contributed by atoms with E-state index in [1.807, 2.05) is 78.9 Å². The molecule has 0 radical (unpaired) electrons. The Labute approximate surface area is 236 Å². The SMILES string of the molecule is COc1ccc(C(OC[C@H]2O[C@@H](n3cnc4c(=O)[nH]ncc43)C[C@@H]2O)(c2ccccc2)c2ccc(OC)cc2)cc1. The van der Waals surface area contributed by atoms with Gasteiger partial charge in [0.05, 0.1) is 45.0 Å². The number of aliphatic hydroxyl groups excluding tert-OH is 1. The molecule has 1 fully saturated rings. The fourth-order valence-electron chi connectivity index (χ4n) is 5.43. The average Bonchev–Trinajstić information content (AvgIpc) is 3.62. The molecule has 210 valence electrons. The van der Waals surface area contributed by atoms with Gasteiger partial charge in [0.1, 0.15) is 29.4 Å². The number of hydrogen-bond acceptors (Lipinski definition) is 8. The molecule has 1 saturated heterocycles. The first-order chi connectivity index (χ1) is 20.0. The largest absolute Gasteiger partial charge is 0.497 e. The number of ether oxygens (including phenoxy) is 4. The molecule has 5 aromatic rings. The quantitative estimate of drug-likeness (QED) is 0.264. The van der Waals surface area contributed by atoms with Crippen LogP contribution in [0.2, 0.25) is 0 Å². The third kappa shape index (κ3) is 4.86. The summed E-state index contributed by atoms with van der Waals surface area (Å²) < 4.78 is 25.8. The summed E-state index contributed by atoms with van der Waals surface area (Å²) in [6, 6.07) is 25.5. The van der Waals surface area contributed by atoms with Crippen molar-refractivity contribution in [2.75, 3.05) is 20.8 Å². The first kappa shape index (κ1) is 26.7. The van der Waals surface area contributed by atoms with Crippen LogP contribution in [0.25, 0.3) is 11.0 Å². The van der Waals surface area contributed by atoms with Crippen molar-refractivity contribution in [3.05, 3.63) is 118 Å². The van der Waals surface area contributed by atoms with Crippen LogP contribution in [-0.4, -0.2) is 57.9 Å². The van der Waals surface area contributed by atoms with E-state index in [1.165, 1.54) is 12.5 Å². The van der Waals surface area contributed by atoms with Crippen LogP contribution in [0.15, 0.2) is 96.2 Å². The molecule has 10 nitrogen and oxygen atoms in total. The van der Waals surface area contributed by atoms with Gasteiger partial charge in [-0.1, -0.05) is 54.6 Å². The van der Waals surface area contributed by atoms with Crippen LogP contribution < -0.4 is 15.0 Å². The average molecular weight is 555 g/mol. The maximum Gasteiger partial charge on any atom is 0.292 e. The third-order valence-electron chi connectivity index (χ3n) is 7.55. The maximum atomic E-state index is 12.1. The summed E-state index contributed by atoms with van der Waals surface area (Å²) in [5.41, 5.74) is 2.04. The van der Waals surface area contributed by atoms with Gasteiger partial charge in [0, 0.05) is 6.42 Å². The van der Waals surface area contributed by atoms with E-state index in [1.54, 1.807) is 18.8 Å². The molecule has 2 N–H and O–H groups in total. The summed E-state index contributed by atoms with van der Waals surface area (Å²) in [6.07, 6.45) is 1.36. The standard InChI is InChI=1S/C31H30N4O6/c1-38-23-12-8-21(9-13-23)31(20-6-4-3-5-7-20,22-10-14-24(39-2)15-11-22)40-18-27-26(36)16-28(41-27)35-19-32-29-25(35)17-33-34-30(29)37/h3-15,17,19,26-28,36H,16,18H2,1-2H3,(H,34,37)/t26-,27+,28+/m0/s1. The minimum Gasteiger partial charge on any atom is -0.497 e. The van der Waals surface area contributed by atoms with Crippen molar-refractivity contribution in [2.24, 2.45) is 0 Å². The van der Waals surface area contributed by atoms with Crippen molar-refractivity contribution >= 4 is 11.0 Å². The molecule has 0 aliphatic carbocycles. The van der Waals surface area contributed by atoms with Crippen LogP contribution in [-0.2, 0) is 15.1 Å². The lowest BCUT2D eigenvalue weighted by molar-refractivity contribution is -0.0930. The van der Waals surface area contributed by atoms with Gasteiger partial charge in [0.2, 0.25) is 0 Å². The Balaban J connectivity index is 1.37. The lowest BCUT2D eigenvalue weighted by Crippen LogP contribution is -2.38. The van der Waals surface area contributed by atoms with Gasteiger partial charge >= 0.3 is 0 Å². The Hall–Kier alpha value is -4.51. The van der Waals surface area contributed by atoms with Gasteiger partial charge in [-0.05, 0) is 41.0 Å². The predicted molar refractivity (Wildman–Crippen MR) is 151 cm³/mol. The second-order valence-electron chi connectivity index (χ2n) is 9.83. The summed E-state index contributed by atoms with van der Waals surface area (Å²) in [5.74, 6) is 1.45. The van der Waals surface area contributed by atoms with Gasteiger partial charge in [-0.15, -0.1) is 0 Å². The number of rotatable bonds is 9. The first-order valence-corrected chi connectivity index (χ1v) is 13.3. The van der Waals surface area contributed by atoms with Gasteiger partial charge in [0.15, 0.2) is 5.52 Å². The monoisotopic (exact) mass is 554 g/mol. The van der Waals surface area contributed by atoms with E-state index < -0.39 is 24.0 Å². The second kappa shape index (κ2) is 11.2. The molecular weight excluding hydrogens is 524 g/mol. The highest BCUT2D eigenvalue weighted by Gasteiger charge is 2.42. The van der Waals surface area contributed by atoms with Gasteiger partial charge in [0.25, 0.3) is 5.56 Å². The van der Waals surface area contributed by atoms with E-state index in [2.05, 4.69) is 15.2 Å². The zero-order valence-corrected chi connectivity index (χ0v) is 22.6. The lowest BCUT2D eigenvalue weighted by atomic mass is 9.80. The Kier molecular flexibility index (Phi) is 7.27. The van der Waals surface area contributed by atoms with E-state index in [0.717, 1.165) is 28.2 Å². The summed E-state index contributed by atoms with van der Waals surface area (Å²) in [5, 5.41) is 17.4.